The second-order valence-electron chi connectivity index (χ2n) is 4.99. The molecule has 2 aromatic carbocycles. The highest BCUT2D eigenvalue weighted by Crippen LogP contribution is 2.23. The smallest absolute Gasteiger partial charge is 0.227 e. The van der Waals surface area contributed by atoms with Crippen LogP contribution < -0.4 is 5.73 Å². The fraction of sp³-hybridized carbons (Fsp3) is 0.118. The number of primary amides is 1. The van der Waals surface area contributed by atoms with Crippen LogP contribution in [0.15, 0.2) is 65.8 Å². The first-order chi connectivity index (χ1) is 11.2. The predicted octanol–water partition coefficient (Wildman–Crippen LogP) is 2.44. The van der Waals surface area contributed by atoms with Gasteiger partial charge in [0.15, 0.2) is 5.16 Å². The molecule has 1 heterocycles. The van der Waals surface area contributed by atoms with E-state index in [0.717, 1.165) is 17.1 Å². The van der Waals surface area contributed by atoms with Gasteiger partial charge < -0.3 is 5.73 Å². The fourth-order valence-electron chi connectivity index (χ4n) is 2.26. The molecule has 5 nitrogen and oxygen atoms in total. The van der Waals surface area contributed by atoms with E-state index < -0.39 is 0 Å². The summed E-state index contributed by atoms with van der Waals surface area (Å²) >= 11 is 1.30. The molecule has 0 bridgehead atoms. The predicted molar refractivity (Wildman–Crippen MR) is 90.5 cm³/mol. The largest absolute Gasteiger partial charge is 0.369 e. The second kappa shape index (κ2) is 7.11. The molecule has 0 saturated carbocycles. The summed E-state index contributed by atoms with van der Waals surface area (Å²) in [5.41, 5.74) is 7.37. The van der Waals surface area contributed by atoms with Crippen molar-refractivity contribution in [2.75, 3.05) is 5.75 Å². The van der Waals surface area contributed by atoms with E-state index in [9.17, 15) is 4.79 Å². The molecule has 0 saturated heterocycles. The van der Waals surface area contributed by atoms with E-state index in [-0.39, 0.29) is 11.7 Å². The number of nitrogens with two attached hydrogens (primary N) is 1. The SMILES string of the molecule is NC(=O)CSc1nnc(Cc2ccccc2)n1-c1ccccc1. The molecule has 0 aliphatic rings. The highest BCUT2D eigenvalue weighted by molar-refractivity contribution is 7.99. The molecule has 6 heteroatoms. The van der Waals surface area contributed by atoms with Crippen molar-refractivity contribution >= 4 is 17.7 Å². The van der Waals surface area contributed by atoms with Crippen LogP contribution in [0.3, 0.4) is 0 Å². The average molecular weight is 324 g/mol. The number of benzene rings is 2. The van der Waals surface area contributed by atoms with Crippen LogP contribution in [0.25, 0.3) is 5.69 Å². The Morgan fingerprint density at radius 1 is 1.00 bits per heavy atom. The standard InChI is InChI=1S/C17H16N4OS/c18-15(22)12-23-17-20-19-16(11-13-7-3-1-4-8-13)21(17)14-9-5-2-6-10-14/h1-10H,11-12H2,(H2,18,22). The van der Waals surface area contributed by atoms with Gasteiger partial charge in [0.05, 0.1) is 5.75 Å². The monoisotopic (exact) mass is 324 g/mol. The third kappa shape index (κ3) is 3.78. The molecule has 1 amide bonds. The quantitative estimate of drug-likeness (QED) is 0.707. The third-order valence-corrected chi connectivity index (χ3v) is 4.21. The number of hydrogen-bond donors (Lipinski definition) is 1. The van der Waals surface area contributed by atoms with Crippen molar-refractivity contribution in [3.63, 3.8) is 0 Å². The topological polar surface area (TPSA) is 73.8 Å². The maximum atomic E-state index is 11.1. The number of carbonyl (C=O) groups is 1. The second-order valence-corrected chi connectivity index (χ2v) is 5.93. The summed E-state index contributed by atoms with van der Waals surface area (Å²) in [6, 6.07) is 20.0. The zero-order valence-corrected chi connectivity index (χ0v) is 13.2. The number of para-hydroxylation sites is 1. The van der Waals surface area contributed by atoms with Crippen LogP contribution in [0.1, 0.15) is 11.4 Å². The molecule has 0 spiro atoms. The van der Waals surface area contributed by atoms with E-state index in [2.05, 4.69) is 22.3 Å². The lowest BCUT2D eigenvalue weighted by Gasteiger charge is -2.09. The molecule has 0 aliphatic carbocycles. The van der Waals surface area contributed by atoms with Crippen LogP contribution >= 0.6 is 11.8 Å². The van der Waals surface area contributed by atoms with E-state index in [0.29, 0.717) is 11.6 Å². The van der Waals surface area contributed by atoms with Crippen molar-refractivity contribution < 1.29 is 4.79 Å². The molecule has 0 unspecified atom stereocenters. The minimum Gasteiger partial charge on any atom is -0.369 e. The number of nitrogens with zero attached hydrogens (tertiary/aromatic N) is 3. The van der Waals surface area contributed by atoms with Crippen molar-refractivity contribution in [2.24, 2.45) is 5.73 Å². The molecule has 0 aliphatic heterocycles. The van der Waals surface area contributed by atoms with Crippen molar-refractivity contribution in [3.05, 3.63) is 72.1 Å². The number of amides is 1. The Morgan fingerprint density at radius 3 is 2.30 bits per heavy atom. The van der Waals surface area contributed by atoms with Gasteiger partial charge in [-0.05, 0) is 17.7 Å². The van der Waals surface area contributed by atoms with Gasteiger partial charge in [-0.15, -0.1) is 10.2 Å². The van der Waals surface area contributed by atoms with Gasteiger partial charge >= 0.3 is 0 Å². The van der Waals surface area contributed by atoms with E-state index >= 15 is 0 Å². The summed E-state index contributed by atoms with van der Waals surface area (Å²) < 4.78 is 1.97. The van der Waals surface area contributed by atoms with Crippen molar-refractivity contribution in [1.82, 2.24) is 14.8 Å². The average Bonchev–Trinajstić information content (AvgIpc) is 2.97. The third-order valence-electron chi connectivity index (χ3n) is 3.26. The highest BCUT2D eigenvalue weighted by atomic mass is 32.2. The van der Waals surface area contributed by atoms with Crippen molar-refractivity contribution in [1.29, 1.82) is 0 Å². The maximum Gasteiger partial charge on any atom is 0.227 e. The summed E-state index contributed by atoms with van der Waals surface area (Å²) in [5, 5.41) is 9.20. The molecule has 116 valence electrons. The van der Waals surface area contributed by atoms with Gasteiger partial charge in [-0.3, -0.25) is 9.36 Å². The van der Waals surface area contributed by atoms with Gasteiger partial charge in [0.25, 0.3) is 0 Å². The maximum absolute atomic E-state index is 11.1. The fourth-order valence-corrected chi connectivity index (χ4v) is 2.97. The Labute approximate surface area is 138 Å². The summed E-state index contributed by atoms with van der Waals surface area (Å²) in [4.78, 5) is 11.1. The van der Waals surface area contributed by atoms with E-state index in [1.807, 2.05) is 53.1 Å². The molecule has 23 heavy (non-hydrogen) atoms. The van der Waals surface area contributed by atoms with Crippen LogP contribution in [0, 0.1) is 0 Å². The van der Waals surface area contributed by atoms with Gasteiger partial charge in [0.2, 0.25) is 5.91 Å². The zero-order chi connectivity index (χ0) is 16.1. The molecular weight excluding hydrogens is 308 g/mol. The molecule has 3 rings (SSSR count). The van der Waals surface area contributed by atoms with Gasteiger partial charge in [0.1, 0.15) is 5.82 Å². The lowest BCUT2D eigenvalue weighted by atomic mass is 10.1. The number of carbonyl (C=O) groups excluding carboxylic acids is 1. The molecule has 3 aromatic rings. The molecule has 0 atom stereocenters. The Bertz CT molecular complexity index is 787. The van der Waals surface area contributed by atoms with Gasteiger partial charge in [-0.2, -0.15) is 0 Å². The molecule has 1 aromatic heterocycles. The zero-order valence-electron chi connectivity index (χ0n) is 12.4. The summed E-state index contributed by atoms with van der Waals surface area (Å²) in [6.45, 7) is 0. The minimum absolute atomic E-state index is 0.177. The first-order valence-corrected chi connectivity index (χ1v) is 8.17. The Kier molecular flexibility index (Phi) is 4.73. The minimum atomic E-state index is -0.373. The Hall–Kier alpha value is -2.60. The van der Waals surface area contributed by atoms with Gasteiger partial charge in [-0.1, -0.05) is 60.3 Å². The van der Waals surface area contributed by atoms with Crippen LogP contribution in [0.4, 0.5) is 0 Å². The number of hydrogen-bond acceptors (Lipinski definition) is 4. The number of aromatic nitrogens is 3. The first-order valence-electron chi connectivity index (χ1n) is 7.19. The van der Waals surface area contributed by atoms with Gasteiger partial charge in [0, 0.05) is 12.1 Å². The Balaban J connectivity index is 1.97. The number of rotatable bonds is 6. The lowest BCUT2D eigenvalue weighted by Crippen LogP contribution is -2.14. The van der Waals surface area contributed by atoms with Gasteiger partial charge in [-0.25, -0.2) is 0 Å². The first kappa shape index (κ1) is 15.3. The normalized spacial score (nSPS) is 10.6. The molecular formula is C17H16N4OS. The highest BCUT2D eigenvalue weighted by Gasteiger charge is 2.15. The van der Waals surface area contributed by atoms with Crippen LogP contribution in [-0.2, 0) is 11.2 Å². The molecule has 0 radical (unpaired) electrons. The van der Waals surface area contributed by atoms with E-state index in [4.69, 9.17) is 5.73 Å². The lowest BCUT2D eigenvalue weighted by molar-refractivity contribution is -0.115. The summed E-state index contributed by atoms with van der Waals surface area (Å²) in [5.74, 6) is 0.632. The Morgan fingerprint density at radius 2 is 1.65 bits per heavy atom. The van der Waals surface area contributed by atoms with Crippen molar-refractivity contribution in [3.8, 4) is 5.69 Å². The van der Waals surface area contributed by atoms with Crippen LogP contribution in [0.2, 0.25) is 0 Å². The number of thioether (sulfide) groups is 1. The summed E-state index contributed by atoms with van der Waals surface area (Å²) in [6.07, 6.45) is 0.667. The van der Waals surface area contributed by atoms with Crippen LogP contribution in [0.5, 0.6) is 0 Å². The van der Waals surface area contributed by atoms with E-state index in [1.165, 1.54) is 11.8 Å². The van der Waals surface area contributed by atoms with E-state index in [1.54, 1.807) is 0 Å². The van der Waals surface area contributed by atoms with Crippen LogP contribution in [-0.4, -0.2) is 26.4 Å². The van der Waals surface area contributed by atoms with Crippen molar-refractivity contribution in [2.45, 2.75) is 11.6 Å². The summed E-state index contributed by atoms with van der Waals surface area (Å²) in [7, 11) is 0. The molecule has 2 N–H and O–H groups in total. The molecule has 0 fully saturated rings.